The lowest BCUT2D eigenvalue weighted by Gasteiger charge is -2.14. The molecule has 1 aromatic carbocycles. The van der Waals surface area contributed by atoms with Crippen molar-refractivity contribution in [3.05, 3.63) is 52.8 Å². The number of Topliss-reactive ketones (excluding diaryl/α,β-unsaturated/α-hetero) is 1. The summed E-state index contributed by atoms with van der Waals surface area (Å²) in [6.45, 7) is 7.34. The fraction of sp³-hybridized carbons (Fsp3) is 0.368. The zero-order valence-corrected chi connectivity index (χ0v) is 14.8. The molecule has 0 fully saturated rings. The number of hydrogen-bond acceptors (Lipinski definition) is 3. The summed E-state index contributed by atoms with van der Waals surface area (Å²) >= 11 is 0. The first-order chi connectivity index (χ1) is 11.3. The van der Waals surface area contributed by atoms with Gasteiger partial charge in [-0.2, -0.15) is 0 Å². The van der Waals surface area contributed by atoms with Crippen molar-refractivity contribution in [2.75, 3.05) is 20.1 Å². The highest BCUT2D eigenvalue weighted by atomic mass is 16.1. The summed E-state index contributed by atoms with van der Waals surface area (Å²) in [6, 6.07) is 9.02. The molecule has 2 aromatic rings. The molecule has 24 heavy (non-hydrogen) atoms. The van der Waals surface area contributed by atoms with Gasteiger partial charge in [-0.25, -0.2) is 0 Å². The largest absolute Gasteiger partial charge is 0.366 e. The van der Waals surface area contributed by atoms with E-state index in [1.54, 1.807) is 12.1 Å². The van der Waals surface area contributed by atoms with Crippen molar-refractivity contribution < 1.29 is 9.59 Å². The van der Waals surface area contributed by atoms with Crippen LogP contribution >= 0.6 is 0 Å². The lowest BCUT2D eigenvalue weighted by atomic mass is 10.1. The number of amides is 1. The van der Waals surface area contributed by atoms with Gasteiger partial charge >= 0.3 is 0 Å². The molecule has 0 radical (unpaired) electrons. The smallest absolute Gasteiger partial charge is 0.248 e. The Bertz CT molecular complexity index is 745. The Labute approximate surface area is 143 Å². The normalized spacial score (nSPS) is 11.0. The molecule has 2 N–H and O–H groups in total. The zero-order valence-electron chi connectivity index (χ0n) is 14.8. The number of rotatable bonds is 7. The molecule has 0 spiro atoms. The Morgan fingerprint density at radius 2 is 1.79 bits per heavy atom. The van der Waals surface area contributed by atoms with Gasteiger partial charge in [-0.05, 0) is 64.2 Å². The highest BCUT2D eigenvalue weighted by Gasteiger charge is 2.17. The van der Waals surface area contributed by atoms with E-state index in [-0.39, 0.29) is 5.78 Å². The standard InChI is InChI=1S/C19H25N3O2/c1-5-10-21(4)12-18(23)17-11-13(2)22(14(17)3)16-8-6-15(7-9-16)19(20)24/h6-9,11H,5,10,12H2,1-4H3,(H2,20,24). The molecule has 0 saturated carbocycles. The highest BCUT2D eigenvalue weighted by molar-refractivity contribution is 5.99. The number of nitrogens with zero attached hydrogens (tertiary/aromatic N) is 2. The molecular formula is C19H25N3O2. The number of carbonyl (C=O) groups excluding carboxylic acids is 2. The molecule has 1 amide bonds. The Kier molecular flexibility index (Phi) is 5.57. The van der Waals surface area contributed by atoms with Crippen molar-refractivity contribution in [3.8, 4) is 5.69 Å². The molecule has 0 saturated heterocycles. The van der Waals surface area contributed by atoms with Gasteiger partial charge in [0.05, 0.1) is 6.54 Å². The maximum atomic E-state index is 12.6. The van der Waals surface area contributed by atoms with Gasteiger partial charge in [0.1, 0.15) is 0 Å². The number of hydrogen-bond donors (Lipinski definition) is 1. The monoisotopic (exact) mass is 327 g/mol. The van der Waals surface area contributed by atoms with Crippen molar-refractivity contribution in [2.24, 2.45) is 5.73 Å². The lowest BCUT2D eigenvalue weighted by Crippen LogP contribution is -2.26. The van der Waals surface area contributed by atoms with Crippen LogP contribution in [0.2, 0.25) is 0 Å². The SMILES string of the molecule is CCCN(C)CC(=O)c1cc(C)n(-c2ccc(C(N)=O)cc2)c1C. The van der Waals surface area contributed by atoms with Gasteiger partial charge in [-0.15, -0.1) is 0 Å². The maximum absolute atomic E-state index is 12.6. The molecular weight excluding hydrogens is 302 g/mol. The van der Waals surface area contributed by atoms with Crippen molar-refractivity contribution >= 4 is 11.7 Å². The maximum Gasteiger partial charge on any atom is 0.248 e. The number of aryl methyl sites for hydroxylation is 1. The second kappa shape index (κ2) is 7.45. The van der Waals surface area contributed by atoms with Crippen LogP contribution in [0.1, 0.15) is 45.4 Å². The summed E-state index contributed by atoms with van der Waals surface area (Å²) in [5, 5.41) is 0. The summed E-state index contributed by atoms with van der Waals surface area (Å²) in [5.74, 6) is -0.323. The molecule has 0 aliphatic carbocycles. The molecule has 0 atom stereocenters. The van der Waals surface area contributed by atoms with Gasteiger partial charge in [-0.1, -0.05) is 6.92 Å². The third-order valence-corrected chi connectivity index (χ3v) is 4.16. The van der Waals surface area contributed by atoms with E-state index in [4.69, 9.17) is 5.73 Å². The van der Waals surface area contributed by atoms with E-state index in [0.29, 0.717) is 12.1 Å². The summed E-state index contributed by atoms with van der Waals surface area (Å²) in [6.07, 6.45) is 1.02. The van der Waals surface area contributed by atoms with Crippen LogP contribution in [0.25, 0.3) is 5.69 Å². The van der Waals surface area contributed by atoms with Crippen molar-refractivity contribution in [1.29, 1.82) is 0 Å². The molecule has 5 heteroatoms. The first-order valence-corrected chi connectivity index (χ1v) is 8.16. The Morgan fingerprint density at radius 3 is 2.33 bits per heavy atom. The van der Waals surface area contributed by atoms with E-state index in [9.17, 15) is 9.59 Å². The molecule has 2 rings (SSSR count). The first-order valence-electron chi connectivity index (χ1n) is 8.16. The minimum atomic E-state index is -0.447. The van der Waals surface area contributed by atoms with E-state index in [0.717, 1.165) is 35.6 Å². The van der Waals surface area contributed by atoms with Crippen molar-refractivity contribution in [1.82, 2.24) is 9.47 Å². The number of benzene rings is 1. The minimum absolute atomic E-state index is 0.124. The van der Waals surface area contributed by atoms with Gasteiger partial charge in [0, 0.05) is 28.2 Å². The van der Waals surface area contributed by atoms with E-state index >= 15 is 0 Å². The second-order valence-corrected chi connectivity index (χ2v) is 6.19. The van der Waals surface area contributed by atoms with Crippen LogP contribution in [0, 0.1) is 13.8 Å². The summed E-state index contributed by atoms with van der Waals surface area (Å²) in [7, 11) is 1.96. The third kappa shape index (κ3) is 3.74. The van der Waals surface area contributed by atoms with Crippen LogP contribution in [0.4, 0.5) is 0 Å². The molecule has 1 aromatic heterocycles. The molecule has 0 aliphatic rings. The number of ketones is 1. The van der Waals surface area contributed by atoms with Gasteiger partial charge in [0.25, 0.3) is 0 Å². The van der Waals surface area contributed by atoms with Crippen LogP contribution < -0.4 is 5.73 Å². The topological polar surface area (TPSA) is 68.3 Å². The fourth-order valence-electron chi connectivity index (χ4n) is 3.01. The Hall–Kier alpha value is -2.40. The van der Waals surface area contributed by atoms with Crippen LogP contribution in [0.15, 0.2) is 30.3 Å². The number of aromatic nitrogens is 1. The molecule has 0 aliphatic heterocycles. The minimum Gasteiger partial charge on any atom is -0.366 e. The van der Waals surface area contributed by atoms with Crippen LogP contribution in [0.3, 0.4) is 0 Å². The number of carbonyl (C=O) groups is 2. The van der Waals surface area contributed by atoms with Gasteiger partial charge in [0.2, 0.25) is 5.91 Å². The van der Waals surface area contributed by atoms with E-state index < -0.39 is 5.91 Å². The fourth-order valence-corrected chi connectivity index (χ4v) is 3.01. The molecule has 5 nitrogen and oxygen atoms in total. The molecule has 128 valence electrons. The van der Waals surface area contributed by atoms with Gasteiger partial charge in [-0.3, -0.25) is 14.5 Å². The van der Waals surface area contributed by atoms with Gasteiger partial charge in [0.15, 0.2) is 5.78 Å². The van der Waals surface area contributed by atoms with E-state index in [2.05, 4.69) is 6.92 Å². The van der Waals surface area contributed by atoms with E-state index in [1.165, 1.54) is 0 Å². The van der Waals surface area contributed by atoms with Crippen molar-refractivity contribution in [2.45, 2.75) is 27.2 Å². The number of nitrogens with two attached hydrogens (primary N) is 1. The predicted octanol–water partition coefficient (Wildman–Crippen LogP) is 2.72. The van der Waals surface area contributed by atoms with Gasteiger partial charge < -0.3 is 10.3 Å². The average Bonchev–Trinajstić information content (AvgIpc) is 2.82. The number of likely N-dealkylation sites (N-methyl/N-ethyl adjacent to an activating group) is 1. The lowest BCUT2D eigenvalue weighted by molar-refractivity contribution is 0.0944. The predicted molar refractivity (Wildman–Crippen MR) is 95.9 cm³/mol. The summed E-state index contributed by atoms with van der Waals surface area (Å²) in [4.78, 5) is 25.8. The Balaban J connectivity index is 2.31. The quantitative estimate of drug-likeness (QED) is 0.795. The molecule has 0 bridgehead atoms. The van der Waals surface area contributed by atoms with E-state index in [1.807, 2.05) is 48.6 Å². The second-order valence-electron chi connectivity index (χ2n) is 6.19. The van der Waals surface area contributed by atoms with Crippen LogP contribution in [-0.2, 0) is 0 Å². The summed E-state index contributed by atoms with van der Waals surface area (Å²) < 4.78 is 2.03. The molecule has 1 heterocycles. The van der Waals surface area contributed by atoms with Crippen LogP contribution in [-0.4, -0.2) is 41.3 Å². The van der Waals surface area contributed by atoms with Crippen molar-refractivity contribution in [3.63, 3.8) is 0 Å². The average molecular weight is 327 g/mol. The Morgan fingerprint density at radius 1 is 1.17 bits per heavy atom. The highest BCUT2D eigenvalue weighted by Crippen LogP contribution is 2.22. The molecule has 0 unspecified atom stereocenters. The van der Waals surface area contributed by atoms with Crippen LogP contribution in [0.5, 0.6) is 0 Å². The number of primary amides is 1. The summed E-state index contributed by atoms with van der Waals surface area (Å²) in [5.41, 5.74) is 9.31. The first kappa shape index (κ1) is 17.9. The zero-order chi connectivity index (χ0) is 17.9. The third-order valence-electron chi connectivity index (χ3n) is 4.16.